The second-order valence-electron chi connectivity index (χ2n) is 2.21. The molecule has 0 bridgehead atoms. The van der Waals surface area contributed by atoms with Crippen LogP contribution in [0.3, 0.4) is 0 Å². The first-order chi connectivity index (χ1) is 7.16. The Morgan fingerprint density at radius 1 is 1.53 bits per heavy atom. The van der Waals surface area contributed by atoms with Crippen LogP contribution in [0.4, 0.5) is 0 Å². The topological polar surface area (TPSA) is 93.3 Å². The van der Waals surface area contributed by atoms with Crippen LogP contribution in [-0.2, 0) is 16.0 Å². The Kier molecular flexibility index (Phi) is 12.8. The first-order valence-electron chi connectivity index (χ1n) is 4.27. The molecule has 0 fully saturated rings. The van der Waals surface area contributed by atoms with Crippen LogP contribution in [0, 0.1) is 0 Å². The molecular weight excluding hydrogens is 196 g/mol. The van der Waals surface area contributed by atoms with E-state index >= 15 is 0 Å². The average molecular weight is 212 g/mol. The Morgan fingerprint density at radius 3 is 2.40 bits per heavy atom. The molecule has 84 valence electrons. The maximum absolute atomic E-state index is 9.93. The predicted molar refractivity (Wildman–Crippen MR) is 57.4 cm³/mol. The summed E-state index contributed by atoms with van der Waals surface area (Å²) in [6.45, 7) is 1.08. The van der Waals surface area contributed by atoms with E-state index in [1.165, 1.54) is 7.05 Å². The molecule has 1 aromatic heterocycles. The number of aliphatic carboxylic acids is 1. The average Bonchev–Trinajstić information content (AvgIpc) is 2.22. The molecule has 0 atom stereocenters. The zero-order valence-corrected chi connectivity index (χ0v) is 8.88. The fourth-order valence-electron chi connectivity index (χ4n) is 0.604. The molecule has 0 saturated heterocycles. The number of rotatable bonds is 2. The van der Waals surface area contributed by atoms with E-state index in [0.717, 1.165) is 18.9 Å². The molecule has 0 aliphatic rings. The van der Waals surface area contributed by atoms with Crippen LogP contribution in [-0.4, -0.2) is 29.4 Å². The quantitative estimate of drug-likeness (QED) is 0.696. The maximum atomic E-state index is 9.93. The number of carbonyl (C=O) groups excluding carboxylic acids is 1. The molecular formula is C10H16N2O3. The third-order valence-electron chi connectivity index (χ3n) is 1.02. The number of hydrogen-bond acceptors (Lipinski definition) is 4. The Labute approximate surface area is 88.9 Å². The summed E-state index contributed by atoms with van der Waals surface area (Å²) in [4.78, 5) is 22.9. The van der Waals surface area contributed by atoms with Gasteiger partial charge in [-0.3, -0.25) is 9.78 Å². The number of carbonyl (C=O) groups is 2. The van der Waals surface area contributed by atoms with Crippen molar-refractivity contribution in [3.8, 4) is 0 Å². The smallest absolute Gasteiger partial charge is 0.300 e. The van der Waals surface area contributed by atoms with E-state index in [2.05, 4.69) is 10.7 Å². The first-order valence-corrected chi connectivity index (χ1v) is 4.27. The van der Waals surface area contributed by atoms with Crippen LogP contribution in [0.2, 0.25) is 0 Å². The van der Waals surface area contributed by atoms with Gasteiger partial charge in [0.05, 0.1) is 0 Å². The summed E-state index contributed by atoms with van der Waals surface area (Å²) in [5, 5.41) is 7.42. The molecule has 0 amide bonds. The molecule has 1 rings (SSSR count). The highest BCUT2D eigenvalue weighted by Crippen LogP contribution is 1.90. The van der Waals surface area contributed by atoms with Crippen LogP contribution in [0.15, 0.2) is 24.4 Å². The van der Waals surface area contributed by atoms with Crippen molar-refractivity contribution in [2.45, 2.75) is 13.3 Å². The second-order valence-corrected chi connectivity index (χ2v) is 2.21. The lowest BCUT2D eigenvalue weighted by Gasteiger charge is -1.88. The molecule has 0 saturated carbocycles. The minimum Gasteiger partial charge on any atom is -0.481 e. The molecule has 0 unspecified atom stereocenters. The third-order valence-corrected chi connectivity index (χ3v) is 1.02. The highest BCUT2D eigenvalue weighted by molar-refractivity contribution is 5.62. The van der Waals surface area contributed by atoms with Gasteiger partial charge in [-0.15, -0.1) is 0 Å². The number of pyridine rings is 1. The van der Waals surface area contributed by atoms with Gasteiger partial charge < -0.3 is 15.6 Å². The number of carboxylic acids is 1. The monoisotopic (exact) mass is 212 g/mol. The van der Waals surface area contributed by atoms with E-state index in [4.69, 9.17) is 9.90 Å². The van der Waals surface area contributed by atoms with E-state index in [9.17, 15) is 4.79 Å². The van der Waals surface area contributed by atoms with Gasteiger partial charge in [-0.05, 0) is 19.2 Å². The predicted octanol–water partition coefficient (Wildman–Crippen LogP) is 0.489. The van der Waals surface area contributed by atoms with Gasteiger partial charge in [0, 0.05) is 25.2 Å². The normalized spacial score (nSPS) is 7.40. The van der Waals surface area contributed by atoms with Gasteiger partial charge in [-0.25, -0.2) is 0 Å². The summed E-state index contributed by atoms with van der Waals surface area (Å²) in [6, 6.07) is 5.52. The third kappa shape index (κ3) is 15.0. The number of carboxylic acid groups (broad SMARTS) is 1. The molecule has 1 heterocycles. The minimum atomic E-state index is -0.833. The SMILES string of the molecule is CC(=O)O.CN.O=CCc1ccccn1. The fraction of sp³-hybridized carbons (Fsp3) is 0.300. The zero-order valence-electron chi connectivity index (χ0n) is 8.88. The second kappa shape index (κ2) is 12.2. The lowest BCUT2D eigenvalue weighted by atomic mass is 10.3. The number of nitrogens with two attached hydrogens (primary N) is 1. The minimum absolute atomic E-state index is 0.417. The molecule has 5 heteroatoms. The van der Waals surface area contributed by atoms with E-state index in [1.54, 1.807) is 6.20 Å². The van der Waals surface area contributed by atoms with Crippen molar-refractivity contribution in [1.82, 2.24) is 4.98 Å². The Hall–Kier alpha value is -1.75. The number of aldehydes is 1. The van der Waals surface area contributed by atoms with Gasteiger partial charge >= 0.3 is 0 Å². The maximum Gasteiger partial charge on any atom is 0.300 e. The van der Waals surface area contributed by atoms with E-state index < -0.39 is 5.97 Å². The number of aromatic nitrogens is 1. The van der Waals surface area contributed by atoms with Crippen LogP contribution in [0.5, 0.6) is 0 Å². The molecule has 3 N–H and O–H groups in total. The standard InChI is InChI=1S/C7H7NO.C2H4O2.CH5N/c9-6-4-7-3-1-2-5-8-7;1-2(3)4;1-2/h1-3,5-6H,4H2;1H3,(H,3,4);2H2,1H3. The summed E-state index contributed by atoms with van der Waals surface area (Å²) in [6.07, 6.45) is 2.95. The van der Waals surface area contributed by atoms with Crippen molar-refractivity contribution < 1.29 is 14.7 Å². The molecule has 15 heavy (non-hydrogen) atoms. The van der Waals surface area contributed by atoms with Gasteiger partial charge in [0.2, 0.25) is 0 Å². The van der Waals surface area contributed by atoms with Crippen molar-refractivity contribution in [2.75, 3.05) is 7.05 Å². The highest BCUT2D eigenvalue weighted by atomic mass is 16.4. The number of hydrogen-bond donors (Lipinski definition) is 2. The van der Waals surface area contributed by atoms with Crippen molar-refractivity contribution in [1.29, 1.82) is 0 Å². The Morgan fingerprint density at radius 2 is 2.07 bits per heavy atom. The van der Waals surface area contributed by atoms with E-state index in [0.29, 0.717) is 6.42 Å². The van der Waals surface area contributed by atoms with Gasteiger partial charge in [-0.1, -0.05) is 6.07 Å². The fourth-order valence-corrected chi connectivity index (χ4v) is 0.604. The van der Waals surface area contributed by atoms with E-state index in [-0.39, 0.29) is 0 Å². The highest BCUT2D eigenvalue weighted by Gasteiger charge is 1.86. The molecule has 0 spiro atoms. The van der Waals surface area contributed by atoms with Gasteiger partial charge in [0.15, 0.2) is 0 Å². The van der Waals surface area contributed by atoms with Gasteiger partial charge in [0.25, 0.3) is 5.97 Å². The summed E-state index contributed by atoms with van der Waals surface area (Å²) >= 11 is 0. The van der Waals surface area contributed by atoms with Gasteiger partial charge in [-0.2, -0.15) is 0 Å². The Bertz CT molecular complexity index is 259. The van der Waals surface area contributed by atoms with Crippen molar-refractivity contribution in [3.63, 3.8) is 0 Å². The van der Waals surface area contributed by atoms with Crippen molar-refractivity contribution >= 4 is 12.3 Å². The van der Waals surface area contributed by atoms with Crippen LogP contribution < -0.4 is 5.73 Å². The first kappa shape index (κ1) is 15.7. The summed E-state index contributed by atoms with van der Waals surface area (Å²) < 4.78 is 0. The van der Waals surface area contributed by atoms with Crippen LogP contribution in [0.1, 0.15) is 12.6 Å². The summed E-state index contributed by atoms with van der Waals surface area (Å²) in [7, 11) is 1.50. The van der Waals surface area contributed by atoms with Crippen molar-refractivity contribution in [3.05, 3.63) is 30.1 Å². The molecule has 0 aromatic carbocycles. The largest absolute Gasteiger partial charge is 0.481 e. The van der Waals surface area contributed by atoms with Crippen molar-refractivity contribution in [2.24, 2.45) is 5.73 Å². The molecule has 0 aliphatic heterocycles. The van der Waals surface area contributed by atoms with E-state index in [1.807, 2.05) is 18.2 Å². The molecule has 0 aliphatic carbocycles. The summed E-state index contributed by atoms with van der Waals surface area (Å²) in [5.74, 6) is -0.833. The van der Waals surface area contributed by atoms with Crippen LogP contribution in [0.25, 0.3) is 0 Å². The Balaban J connectivity index is 0. The molecule has 5 nitrogen and oxygen atoms in total. The zero-order chi connectivity index (χ0) is 12.1. The molecule has 1 aromatic rings. The lowest BCUT2D eigenvalue weighted by molar-refractivity contribution is -0.134. The number of nitrogens with zero attached hydrogens (tertiary/aromatic N) is 1. The van der Waals surface area contributed by atoms with Crippen LogP contribution >= 0.6 is 0 Å². The lowest BCUT2D eigenvalue weighted by Crippen LogP contribution is -1.87. The van der Waals surface area contributed by atoms with Gasteiger partial charge in [0.1, 0.15) is 6.29 Å². The molecule has 0 radical (unpaired) electrons. The summed E-state index contributed by atoms with van der Waals surface area (Å²) in [5.41, 5.74) is 5.33.